The molecule has 1 heterocycles. The van der Waals surface area contributed by atoms with Gasteiger partial charge in [0.1, 0.15) is 17.3 Å². The van der Waals surface area contributed by atoms with Crippen LogP contribution < -0.4 is 0 Å². The third-order valence-electron chi connectivity index (χ3n) is 3.13. The summed E-state index contributed by atoms with van der Waals surface area (Å²) in [5, 5.41) is 0. The van der Waals surface area contributed by atoms with E-state index in [-0.39, 0.29) is 10.5 Å². The van der Waals surface area contributed by atoms with E-state index < -0.39 is 17.5 Å². The Morgan fingerprint density at radius 2 is 1.85 bits per heavy atom. The molecule has 0 atom stereocenters. The van der Waals surface area contributed by atoms with E-state index in [9.17, 15) is 13.2 Å². The number of aromatic amines is 1. The van der Waals surface area contributed by atoms with Gasteiger partial charge in [0.2, 0.25) is 0 Å². The quantitative estimate of drug-likeness (QED) is 0.659. The molecule has 3 rings (SSSR count). The molecule has 0 aliphatic carbocycles. The molecule has 0 saturated carbocycles. The fraction of sp³-hybridized carbons (Fsp3) is 0.0714. The number of nitrogens with zero attached hydrogens (tertiary/aromatic N) is 1. The van der Waals surface area contributed by atoms with Crippen molar-refractivity contribution in [1.82, 2.24) is 9.55 Å². The Morgan fingerprint density at radius 3 is 2.60 bits per heavy atom. The molecule has 1 N–H and O–H groups in total. The van der Waals surface area contributed by atoms with Gasteiger partial charge in [-0.2, -0.15) is 0 Å². The predicted octanol–water partition coefficient (Wildman–Crippen LogP) is 4.41. The van der Waals surface area contributed by atoms with Gasteiger partial charge in [0.25, 0.3) is 0 Å². The lowest BCUT2D eigenvalue weighted by Crippen LogP contribution is -2.03. The highest BCUT2D eigenvalue weighted by molar-refractivity contribution is 7.71. The van der Waals surface area contributed by atoms with E-state index in [0.29, 0.717) is 16.6 Å². The van der Waals surface area contributed by atoms with Crippen molar-refractivity contribution in [3.63, 3.8) is 0 Å². The molecule has 0 bridgehead atoms. The molecule has 20 heavy (non-hydrogen) atoms. The van der Waals surface area contributed by atoms with Crippen LogP contribution in [0.1, 0.15) is 5.56 Å². The van der Waals surface area contributed by atoms with Gasteiger partial charge in [-0.05, 0) is 49.0 Å². The Balaban J connectivity index is 2.44. The molecule has 1 aromatic heterocycles. The summed E-state index contributed by atoms with van der Waals surface area (Å²) in [5.41, 5.74) is 0.850. The minimum atomic E-state index is -0.727. The Morgan fingerprint density at radius 1 is 1.10 bits per heavy atom. The van der Waals surface area contributed by atoms with Crippen LogP contribution in [-0.2, 0) is 0 Å². The maximum atomic E-state index is 14.2. The smallest absolute Gasteiger partial charge is 0.182 e. The highest BCUT2D eigenvalue weighted by Crippen LogP contribution is 2.26. The van der Waals surface area contributed by atoms with Crippen molar-refractivity contribution in [2.75, 3.05) is 0 Å². The van der Waals surface area contributed by atoms with Crippen molar-refractivity contribution in [3.8, 4) is 5.69 Å². The first-order valence-electron chi connectivity index (χ1n) is 5.84. The molecule has 0 aliphatic heterocycles. The molecule has 2 aromatic carbocycles. The van der Waals surface area contributed by atoms with E-state index in [0.717, 1.165) is 0 Å². The van der Waals surface area contributed by atoms with Crippen LogP contribution in [0.5, 0.6) is 0 Å². The van der Waals surface area contributed by atoms with Crippen LogP contribution in [0, 0.1) is 29.1 Å². The third-order valence-corrected chi connectivity index (χ3v) is 3.41. The zero-order chi connectivity index (χ0) is 14.4. The van der Waals surface area contributed by atoms with Crippen molar-refractivity contribution >= 4 is 23.3 Å². The summed E-state index contributed by atoms with van der Waals surface area (Å²) >= 11 is 5.09. The zero-order valence-corrected chi connectivity index (χ0v) is 11.2. The molecule has 2 nitrogen and oxygen atoms in total. The van der Waals surface area contributed by atoms with Crippen LogP contribution in [0.2, 0.25) is 0 Å². The molecule has 6 heteroatoms. The van der Waals surface area contributed by atoms with Crippen molar-refractivity contribution in [1.29, 1.82) is 0 Å². The molecule has 0 aliphatic rings. The largest absolute Gasteiger partial charge is 0.330 e. The van der Waals surface area contributed by atoms with Crippen molar-refractivity contribution in [2.24, 2.45) is 0 Å². The number of aryl methyl sites for hydroxylation is 1. The van der Waals surface area contributed by atoms with Gasteiger partial charge in [-0.15, -0.1) is 0 Å². The Labute approximate surface area is 117 Å². The summed E-state index contributed by atoms with van der Waals surface area (Å²) < 4.78 is 42.7. The van der Waals surface area contributed by atoms with Crippen LogP contribution in [0.4, 0.5) is 13.2 Å². The molecule has 102 valence electrons. The van der Waals surface area contributed by atoms with Crippen LogP contribution in [0.25, 0.3) is 16.7 Å². The minimum Gasteiger partial charge on any atom is -0.330 e. The second-order valence-electron chi connectivity index (χ2n) is 4.45. The number of H-pyrrole nitrogens is 1. The first-order chi connectivity index (χ1) is 9.49. The monoisotopic (exact) mass is 294 g/mol. The number of aromatic nitrogens is 2. The van der Waals surface area contributed by atoms with Gasteiger partial charge in [0, 0.05) is 0 Å². The number of benzene rings is 2. The Hall–Kier alpha value is -2.08. The molecular formula is C14H9F3N2S. The first-order valence-corrected chi connectivity index (χ1v) is 6.25. The van der Waals surface area contributed by atoms with Gasteiger partial charge in [0.15, 0.2) is 10.6 Å². The van der Waals surface area contributed by atoms with Crippen LogP contribution in [-0.4, -0.2) is 9.55 Å². The first kappa shape index (κ1) is 12.9. The number of fused-ring (bicyclic) bond motifs is 1. The Kier molecular flexibility index (Phi) is 2.90. The third kappa shape index (κ3) is 1.84. The average molecular weight is 294 g/mol. The molecule has 0 unspecified atom stereocenters. The number of halogens is 3. The van der Waals surface area contributed by atoms with Gasteiger partial charge >= 0.3 is 0 Å². The zero-order valence-electron chi connectivity index (χ0n) is 10.4. The maximum Gasteiger partial charge on any atom is 0.182 e. The predicted molar refractivity (Wildman–Crippen MR) is 73.1 cm³/mol. The van der Waals surface area contributed by atoms with Gasteiger partial charge in [0.05, 0.1) is 11.0 Å². The van der Waals surface area contributed by atoms with E-state index in [2.05, 4.69) is 4.98 Å². The second-order valence-corrected chi connectivity index (χ2v) is 4.84. The van der Waals surface area contributed by atoms with E-state index in [1.165, 1.54) is 41.8 Å². The summed E-state index contributed by atoms with van der Waals surface area (Å²) in [6.07, 6.45) is 0. The lowest BCUT2D eigenvalue weighted by molar-refractivity contribution is 0.564. The van der Waals surface area contributed by atoms with Gasteiger partial charge in [-0.3, -0.25) is 4.57 Å². The van der Waals surface area contributed by atoms with Gasteiger partial charge in [-0.1, -0.05) is 6.07 Å². The number of rotatable bonds is 1. The molecule has 0 spiro atoms. The second kappa shape index (κ2) is 4.49. The summed E-state index contributed by atoms with van der Waals surface area (Å²) in [5.74, 6) is -1.87. The van der Waals surface area contributed by atoms with E-state index in [1.54, 1.807) is 0 Å². The van der Waals surface area contributed by atoms with Crippen LogP contribution >= 0.6 is 12.2 Å². The highest BCUT2D eigenvalue weighted by atomic mass is 32.1. The molecule has 0 saturated heterocycles. The van der Waals surface area contributed by atoms with Crippen LogP contribution in [0.3, 0.4) is 0 Å². The lowest BCUT2D eigenvalue weighted by atomic mass is 10.2. The highest BCUT2D eigenvalue weighted by Gasteiger charge is 2.17. The van der Waals surface area contributed by atoms with Gasteiger partial charge < -0.3 is 4.98 Å². The maximum absolute atomic E-state index is 14.2. The van der Waals surface area contributed by atoms with Crippen molar-refractivity contribution in [3.05, 3.63) is 58.1 Å². The SMILES string of the molecule is Cc1ccc(F)c(-n2c(=S)[nH]c3cc(F)ccc32)c1F. The van der Waals surface area contributed by atoms with E-state index >= 15 is 0 Å². The minimum absolute atomic E-state index is 0.106. The summed E-state index contributed by atoms with van der Waals surface area (Å²) in [4.78, 5) is 2.74. The summed E-state index contributed by atoms with van der Waals surface area (Å²) in [6, 6.07) is 6.41. The van der Waals surface area contributed by atoms with Crippen molar-refractivity contribution < 1.29 is 13.2 Å². The molecule has 0 amide bonds. The molecular weight excluding hydrogens is 285 g/mol. The topological polar surface area (TPSA) is 20.7 Å². The normalized spacial score (nSPS) is 11.2. The number of hydrogen-bond acceptors (Lipinski definition) is 1. The standard InChI is InChI=1S/C14H9F3N2S/c1-7-2-4-9(16)13(12(7)17)19-11-5-3-8(15)6-10(11)18-14(19)20/h2-6H,1H3,(H,18,20). The van der Waals surface area contributed by atoms with E-state index in [4.69, 9.17) is 12.2 Å². The molecule has 0 fully saturated rings. The molecule has 0 radical (unpaired) electrons. The summed E-state index contributed by atoms with van der Waals surface area (Å²) in [7, 11) is 0. The fourth-order valence-corrected chi connectivity index (χ4v) is 2.45. The lowest BCUT2D eigenvalue weighted by Gasteiger charge is -2.09. The molecule has 3 aromatic rings. The van der Waals surface area contributed by atoms with Gasteiger partial charge in [-0.25, -0.2) is 13.2 Å². The Bertz CT molecular complexity index is 880. The number of imidazole rings is 1. The van der Waals surface area contributed by atoms with E-state index in [1.807, 2.05) is 0 Å². The average Bonchev–Trinajstić information content (AvgIpc) is 2.70. The summed E-state index contributed by atoms with van der Waals surface area (Å²) in [6.45, 7) is 1.54. The fourth-order valence-electron chi connectivity index (χ4n) is 2.15. The van der Waals surface area contributed by atoms with Crippen LogP contribution in [0.15, 0.2) is 30.3 Å². The number of nitrogens with one attached hydrogen (secondary N) is 1. The number of hydrogen-bond donors (Lipinski definition) is 1. The van der Waals surface area contributed by atoms with Crippen molar-refractivity contribution in [2.45, 2.75) is 6.92 Å².